The maximum Gasteiger partial charge on any atom is 0.472 e. The van der Waals surface area contributed by atoms with Crippen LogP contribution >= 0.6 is 7.82 Å². The van der Waals surface area contributed by atoms with Crippen LogP contribution in [0.2, 0.25) is 0 Å². The van der Waals surface area contributed by atoms with Crippen LogP contribution < -0.4 is 5.32 Å². The Morgan fingerprint density at radius 3 is 2.14 bits per heavy atom. The average Bonchev–Trinajstić information content (AvgIpc) is 2.87. The fourth-order valence-corrected chi connectivity index (χ4v) is 4.25. The minimum atomic E-state index is -4.39. The van der Waals surface area contributed by atoms with Crippen molar-refractivity contribution < 1.29 is 37.9 Å². The Bertz CT molecular complexity index is 644. The number of allylic oxidation sites excluding steroid dienone is 2. The normalized spacial score (nSPS) is 13.9. The number of aliphatic hydroxyl groups is 1. The summed E-state index contributed by atoms with van der Waals surface area (Å²) in [6.45, 7) is 3.37. The Balaban J connectivity index is 3.71. The van der Waals surface area contributed by atoms with E-state index in [1.807, 2.05) is 0 Å². The van der Waals surface area contributed by atoms with E-state index in [1.165, 1.54) is 25.7 Å². The van der Waals surface area contributed by atoms with E-state index in [2.05, 4.69) is 31.3 Å². The number of hydrogen-bond acceptors (Lipinski definition) is 7. The highest BCUT2D eigenvalue weighted by Crippen LogP contribution is 2.42. The summed E-state index contributed by atoms with van der Waals surface area (Å²) in [5, 5.41) is 12.5. The third kappa shape index (κ3) is 26.2. The van der Waals surface area contributed by atoms with Crippen LogP contribution in [0.3, 0.4) is 0 Å². The Morgan fingerprint density at radius 1 is 0.811 bits per heavy atom. The van der Waals surface area contributed by atoms with Gasteiger partial charge in [0.2, 0.25) is 5.91 Å². The van der Waals surface area contributed by atoms with Crippen molar-refractivity contribution in [3.63, 3.8) is 0 Å². The van der Waals surface area contributed by atoms with Crippen LogP contribution in [0.15, 0.2) is 12.2 Å². The molecule has 0 aromatic carbocycles. The summed E-state index contributed by atoms with van der Waals surface area (Å²) in [5.74, 6) is -0.540. The van der Waals surface area contributed by atoms with Gasteiger partial charge in [-0.25, -0.2) is 4.57 Å². The molecule has 0 saturated carbocycles. The first-order chi connectivity index (χ1) is 17.8. The highest BCUT2D eigenvalue weighted by Gasteiger charge is 2.23. The summed E-state index contributed by atoms with van der Waals surface area (Å²) >= 11 is 0. The van der Waals surface area contributed by atoms with E-state index in [1.54, 1.807) is 0 Å². The van der Waals surface area contributed by atoms with Gasteiger partial charge in [0.05, 0.1) is 13.2 Å². The number of esters is 1. The fraction of sp³-hybridized carbons (Fsp3) is 0.852. The zero-order valence-corrected chi connectivity index (χ0v) is 24.1. The van der Waals surface area contributed by atoms with Gasteiger partial charge in [-0.2, -0.15) is 0 Å². The lowest BCUT2D eigenvalue weighted by molar-refractivity contribution is -0.147. The third-order valence-corrected chi connectivity index (χ3v) is 6.66. The van der Waals surface area contributed by atoms with Crippen LogP contribution in [-0.4, -0.2) is 54.3 Å². The van der Waals surface area contributed by atoms with Crippen molar-refractivity contribution in [1.82, 2.24) is 5.32 Å². The van der Waals surface area contributed by atoms with Crippen LogP contribution in [-0.2, 0) is 27.9 Å². The Kier molecular flexibility index (Phi) is 24.2. The third-order valence-electron chi connectivity index (χ3n) is 5.68. The lowest BCUT2D eigenvalue weighted by Crippen LogP contribution is -2.27. The van der Waals surface area contributed by atoms with Crippen molar-refractivity contribution >= 4 is 19.7 Å². The van der Waals surface area contributed by atoms with Crippen molar-refractivity contribution in [1.29, 1.82) is 0 Å². The highest BCUT2D eigenvalue weighted by molar-refractivity contribution is 7.47. The van der Waals surface area contributed by atoms with Gasteiger partial charge in [-0.3, -0.25) is 18.6 Å². The first-order valence-corrected chi connectivity index (χ1v) is 15.7. The zero-order valence-electron chi connectivity index (χ0n) is 23.2. The molecule has 0 spiro atoms. The number of carbonyl (C=O) groups excluding carboxylic acids is 2. The van der Waals surface area contributed by atoms with Crippen molar-refractivity contribution in [2.45, 2.75) is 123 Å². The van der Waals surface area contributed by atoms with Gasteiger partial charge < -0.3 is 20.1 Å². The maximum absolute atomic E-state index is 11.9. The quantitative estimate of drug-likeness (QED) is 0.0520. The van der Waals surface area contributed by atoms with Crippen molar-refractivity contribution in [3.05, 3.63) is 12.2 Å². The highest BCUT2D eigenvalue weighted by atomic mass is 31.2. The molecular formula is C27H52NO8P. The van der Waals surface area contributed by atoms with E-state index in [-0.39, 0.29) is 32.1 Å². The van der Waals surface area contributed by atoms with Gasteiger partial charge in [-0.1, -0.05) is 83.8 Å². The second kappa shape index (κ2) is 25.1. The summed E-state index contributed by atoms with van der Waals surface area (Å²) in [7, 11) is -4.39. The predicted octanol–water partition coefficient (Wildman–Crippen LogP) is 5.98. The van der Waals surface area contributed by atoms with Crippen LogP contribution in [0, 0.1) is 0 Å². The largest absolute Gasteiger partial charge is 0.472 e. The van der Waals surface area contributed by atoms with E-state index < -0.39 is 26.5 Å². The Labute approximate surface area is 224 Å². The van der Waals surface area contributed by atoms with Gasteiger partial charge in [0.1, 0.15) is 12.7 Å². The SMILES string of the molecule is CCC/C=C\CCCCCCCC(=O)OCC(O)COP(=O)(O)OCCNC(=O)CCCCCCCC. The average molecular weight is 550 g/mol. The van der Waals surface area contributed by atoms with Gasteiger partial charge in [0.25, 0.3) is 0 Å². The lowest BCUT2D eigenvalue weighted by Gasteiger charge is -2.15. The van der Waals surface area contributed by atoms with Crippen molar-refractivity contribution in [3.8, 4) is 0 Å². The summed E-state index contributed by atoms with van der Waals surface area (Å²) in [6.07, 6.45) is 18.9. The molecule has 0 bridgehead atoms. The number of carbonyl (C=O) groups is 2. The number of phosphoric ester groups is 1. The number of aliphatic hydroxyl groups excluding tert-OH is 1. The molecule has 218 valence electrons. The number of phosphoric acid groups is 1. The van der Waals surface area contributed by atoms with E-state index in [0.717, 1.165) is 64.2 Å². The number of hydrogen-bond donors (Lipinski definition) is 3. The number of nitrogens with one attached hydrogen (secondary N) is 1. The van der Waals surface area contributed by atoms with Crippen LogP contribution in [0.4, 0.5) is 0 Å². The molecule has 0 radical (unpaired) electrons. The van der Waals surface area contributed by atoms with Gasteiger partial charge >= 0.3 is 13.8 Å². The molecule has 37 heavy (non-hydrogen) atoms. The minimum absolute atomic E-state index is 0.0821. The van der Waals surface area contributed by atoms with Crippen LogP contribution in [0.5, 0.6) is 0 Å². The fourth-order valence-electron chi connectivity index (χ4n) is 3.50. The second-order valence-corrected chi connectivity index (χ2v) is 10.8. The molecule has 3 N–H and O–H groups in total. The molecule has 0 rings (SSSR count). The summed E-state index contributed by atoms with van der Waals surface area (Å²) in [4.78, 5) is 33.2. The van der Waals surface area contributed by atoms with Gasteiger partial charge in [0, 0.05) is 19.4 Å². The topological polar surface area (TPSA) is 131 Å². The molecule has 0 aliphatic rings. The molecular weight excluding hydrogens is 497 g/mol. The molecule has 1 amide bonds. The van der Waals surface area contributed by atoms with Gasteiger partial charge in [-0.15, -0.1) is 0 Å². The van der Waals surface area contributed by atoms with Crippen LogP contribution in [0.25, 0.3) is 0 Å². The molecule has 0 saturated heterocycles. The number of amides is 1. The first kappa shape index (κ1) is 35.8. The van der Waals surface area contributed by atoms with E-state index >= 15 is 0 Å². The summed E-state index contributed by atoms with van der Waals surface area (Å²) in [6, 6.07) is 0. The molecule has 0 aromatic rings. The van der Waals surface area contributed by atoms with Crippen LogP contribution in [0.1, 0.15) is 117 Å². The zero-order chi connectivity index (χ0) is 27.6. The molecule has 2 unspecified atom stereocenters. The van der Waals surface area contributed by atoms with Gasteiger partial charge in [0.15, 0.2) is 0 Å². The van der Waals surface area contributed by atoms with Crippen molar-refractivity contribution in [2.75, 3.05) is 26.4 Å². The van der Waals surface area contributed by atoms with E-state index in [9.17, 15) is 24.2 Å². The summed E-state index contributed by atoms with van der Waals surface area (Å²) < 4.78 is 26.4. The second-order valence-electron chi connectivity index (χ2n) is 9.37. The Morgan fingerprint density at radius 2 is 1.43 bits per heavy atom. The monoisotopic (exact) mass is 549 g/mol. The smallest absolute Gasteiger partial charge is 0.463 e. The molecule has 0 heterocycles. The van der Waals surface area contributed by atoms with Gasteiger partial charge in [-0.05, 0) is 32.1 Å². The first-order valence-electron chi connectivity index (χ1n) is 14.2. The molecule has 10 heteroatoms. The maximum atomic E-state index is 11.9. The number of rotatable bonds is 26. The number of ether oxygens (including phenoxy) is 1. The number of unbranched alkanes of at least 4 members (excludes halogenated alkanes) is 11. The summed E-state index contributed by atoms with van der Waals surface area (Å²) in [5.41, 5.74) is 0. The molecule has 0 fully saturated rings. The van der Waals surface area contributed by atoms with E-state index in [0.29, 0.717) is 6.42 Å². The molecule has 0 aliphatic heterocycles. The molecule has 2 atom stereocenters. The Hall–Kier alpha value is -1.25. The molecule has 9 nitrogen and oxygen atoms in total. The standard InChI is InChI=1S/C27H52NO8P/c1-3-5-7-9-11-12-13-14-16-18-20-27(31)34-23-25(29)24-36-37(32,33)35-22-21-28-26(30)19-17-15-10-8-6-4-2/h7,9,25,29H,3-6,8,10-24H2,1-2H3,(H,28,30)(H,32,33)/b9-7-. The lowest BCUT2D eigenvalue weighted by atomic mass is 10.1. The molecule has 0 aromatic heterocycles. The van der Waals surface area contributed by atoms with Crippen molar-refractivity contribution in [2.24, 2.45) is 0 Å². The molecule has 0 aliphatic carbocycles. The minimum Gasteiger partial charge on any atom is -0.463 e. The predicted molar refractivity (Wildman–Crippen MR) is 146 cm³/mol. The van der Waals surface area contributed by atoms with E-state index in [4.69, 9.17) is 13.8 Å².